The van der Waals surface area contributed by atoms with Gasteiger partial charge in [-0.15, -0.1) is 0 Å². The van der Waals surface area contributed by atoms with Gasteiger partial charge in [0.1, 0.15) is 5.82 Å². The number of amides is 1. The van der Waals surface area contributed by atoms with E-state index < -0.39 is 23.4 Å². The first-order chi connectivity index (χ1) is 25.4. The number of aromatic nitrogens is 1. The van der Waals surface area contributed by atoms with Crippen molar-refractivity contribution < 1.29 is 26.7 Å². The largest absolute Gasteiger partial charge is 0.416 e. The summed E-state index contributed by atoms with van der Waals surface area (Å²) < 4.78 is 68.1. The molecule has 0 saturated carbocycles. The third-order valence-corrected chi connectivity index (χ3v) is 10.3. The molecular formula is C43H49F5N4O. The van der Waals surface area contributed by atoms with Crippen LogP contribution in [0.3, 0.4) is 0 Å². The zero-order chi connectivity index (χ0) is 38.1. The van der Waals surface area contributed by atoms with Gasteiger partial charge in [-0.1, -0.05) is 68.5 Å². The summed E-state index contributed by atoms with van der Waals surface area (Å²) in [6.45, 7) is 11.3. The fourth-order valence-electron chi connectivity index (χ4n) is 7.11. The van der Waals surface area contributed by atoms with Crippen molar-refractivity contribution >= 4 is 17.3 Å². The second-order valence-electron chi connectivity index (χ2n) is 13.9. The summed E-state index contributed by atoms with van der Waals surface area (Å²) in [6.07, 6.45) is 2.65. The molecule has 0 spiro atoms. The molecule has 53 heavy (non-hydrogen) atoms. The quantitative estimate of drug-likeness (QED) is 0.121. The molecule has 1 amide bonds. The average Bonchev–Trinajstić information content (AvgIpc) is 3.16. The summed E-state index contributed by atoms with van der Waals surface area (Å²) in [5.41, 5.74) is 3.90. The number of anilines is 1. The van der Waals surface area contributed by atoms with Gasteiger partial charge < -0.3 is 14.7 Å². The molecule has 0 N–H and O–H groups in total. The van der Waals surface area contributed by atoms with Gasteiger partial charge in [-0.3, -0.25) is 4.79 Å². The van der Waals surface area contributed by atoms with E-state index in [0.29, 0.717) is 24.3 Å². The highest BCUT2D eigenvalue weighted by molar-refractivity contribution is 5.84. The SMILES string of the molecule is CC/C=C(\C)c1cccnc1N(CC(=O)N(Cc1ccc(-c2ccc(C(F)(F)F)cc2)cc1)C1CCN(CC)CC1)C(C)CCc1cccc(F)c1F. The van der Waals surface area contributed by atoms with Crippen molar-refractivity contribution in [2.24, 2.45) is 0 Å². The molecule has 0 bridgehead atoms. The van der Waals surface area contributed by atoms with Crippen molar-refractivity contribution in [2.75, 3.05) is 31.1 Å². The summed E-state index contributed by atoms with van der Waals surface area (Å²) in [5, 5.41) is 0. The van der Waals surface area contributed by atoms with Crippen LogP contribution in [-0.4, -0.2) is 59.0 Å². The topological polar surface area (TPSA) is 39.7 Å². The van der Waals surface area contributed by atoms with E-state index >= 15 is 0 Å². The first-order valence-electron chi connectivity index (χ1n) is 18.5. The zero-order valence-corrected chi connectivity index (χ0v) is 31.0. The lowest BCUT2D eigenvalue weighted by Crippen LogP contribution is -2.51. The van der Waals surface area contributed by atoms with Gasteiger partial charge in [0.2, 0.25) is 5.91 Å². The van der Waals surface area contributed by atoms with E-state index in [1.165, 1.54) is 18.2 Å². The van der Waals surface area contributed by atoms with Gasteiger partial charge in [-0.05, 0) is 111 Å². The second kappa shape index (κ2) is 18.0. The maximum atomic E-state index is 14.7. The Labute approximate surface area is 310 Å². The van der Waals surface area contributed by atoms with Crippen molar-refractivity contribution in [2.45, 2.75) is 84.6 Å². The number of likely N-dealkylation sites (tertiary alicyclic amines) is 1. The number of carbonyl (C=O) groups is 1. The lowest BCUT2D eigenvalue weighted by atomic mass is 9.99. The van der Waals surface area contributed by atoms with Crippen molar-refractivity contribution in [3.8, 4) is 11.1 Å². The molecule has 0 aliphatic carbocycles. The molecule has 1 aliphatic rings. The Kier molecular flexibility index (Phi) is 13.4. The van der Waals surface area contributed by atoms with Crippen LogP contribution >= 0.6 is 0 Å². The minimum absolute atomic E-state index is 0.00311. The monoisotopic (exact) mass is 732 g/mol. The summed E-state index contributed by atoms with van der Waals surface area (Å²) in [4.78, 5) is 25.8. The van der Waals surface area contributed by atoms with Crippen molar-refractivity contribution in [3.05, 3.63) is 125 Å². The minimum Gasteiger partial charge on any atom is -0.344 e. The van der Waals surface area contributed by atoms with E-state index in [1.54, 1.807) is 12.3 Å². The van der Waals surface area contributed by atoms with Gasteiger partial charge in [0.15, 0.2) is 11.6 Å². The Hall–Kier alpha value is -4.57. The van der Waals surface area contributed by atoms with E-state index in [4.69, 9.17) is 4.98 Å². The predicted molar refractivity (Wildman–Crippen MR) is 202 cm³/mol. The Morgan fingerprint density at radius 1 is 0.943 bits per heavy atom. The van der Waals surface area contributed by atoms with Crippen LogP contribution in [0.15, 0.2) is 91.1 Å². The number of allylic oxidation sites excluding steroid dienone is 2. The maximum Gasteiger partial charge on any atom is 0.416 e. The molecular weight excluding hydrogens is 683 g/mol. The predicted octanol–water partition coefficient (Wildman–Crippen LogP) is 10.2. The number of nitrogens with zero attached hydrogens (tertiary/aromatic N) is 4. The van der Waals surface area contributed by atoms with Gasteiger partial charge >= 0.3 is 6.18 Å². The maximum absolute atomic E-state index is 14.7. The Balaban J connectivity index is 1.44. The first-order valence-corrected chi connectivity index (χ1v) is 18.5. The number of hydrogen-bond donors (Lipinski definition) is 0. The number of hydrogen-bond acceptors (Lipinski definition) is 4. The first kappa shape index (κ1) is 39.6. The summed E-state index contributed by atoms with van der Waals surface area (Å²) in [7, 11) is 0. The molecule has 1 saturated heterocycles. The smallest absolute Gasteiger partial charge is 0.344 e. The molecule has 282 valence electrons. The third kappa shape index (κ3) is 10.1. The molecule has 1 atom stereocenters. The highest BCUT2D eigenvalue weighted by Crippen LogP contribution is 2.32. The standard InChI is InChI=1S/C43H49F5N4O/c1-5-9-30(3)38-11-8-25-49-42(38)51(31(4)13-16-35-10-7-12-39(44)41(35)45)29-40(53)52(37-23-26-50(6-2)27-24-37)28-32-14-17-33(18-15-32)34-19-21-36(22-20-34)43(46,47)48/h7-12,14-15,17-22,25,31,37H,5-6,13,16,23-24,26-29H2,1-4H3/b30-9+. The van der Waals surface area contributed by atoms with E-state index in [2.05, 4.69) is 24.8 Å². The van der Waals surface area contributed by atoms with Crippen molar-refractivity contribution in [1.29, 1.82) is 0 Å². The Morgan fingerprint density at radius 3 is 2.23 bits per heavy atom. The van der Waals surface area contributed by atoms with Crippen LogP contribution in [0.5, 0.6) is 0 Å². The van der Waals surface area contributed by atoms with Crippen LogP contribution in [0.2, 0.25) is 0 Å². The molecule has 1 unspecified atom stereocenters. The van der Waals surface area contributed by atoms with Crippen LogP contribution in [0, 0.1) is 11.6 Å². The number of aryl methyl sites for hydroxylation is 1. The molecule has 3 aromatic carbocycles. The highest BCUT2D eigenvalue weighted by Gasteiger charge is 2.32. The van der Waals surface area contributed by atoms with Crippen LogP contribution in [0.25, 0.3) is 16.7 Å². The highest BCUT2D eigenvalue weighted by atomic mass is 19.4. The average molecular weight is 733 g/mol. The summed E-state index contributed by atoms with van der Waals surface area (Å²) >= 11 is 0. The Morgan fingerprint density at radius 2 is 1.60 bits per heavy atom. The molecule has 10 heteroatoms. The summed E-state index contributed by atoms with van der Waals surface area (Å²) in [6, 6.07) is 20.5. The minimum atomic E-state index is -4.40. The van der Waals surface area contributed by atoms with Crippen LogP contribution in [0.1, 0.15) is 75.6 Å². The van der Waals surface area contributed by atoms with Gasteiger partial charge in [0, 0.05) is 43.5 Å². The molecule has 1 fully saturated rings. The van der Waals surface area contributed by atoms with E-state index in [0.717, 1.165) is 79.4 Å². The number of pyridine rings is 1. The summed E-state index contributed by atoms with van der Waals surface area (Å²) in [5.74, 6) is -1.13. The number of benzene rings is 3. The van der Waals surface area contributed by atoms with Crippen LogP contribution in [-0.2, 0) is 23.9 Å². The van der Waals surface area contributed by atoms with Gasteiger partial charge in [-0.2, -0.15) is 13.2 Å². The molecule has 1 aromatic heterocycles. The number of alkyl halides is 3. The molecule has 0 radical (unpaired) electrons. The van der Waals surface area contributed by atoms with E-state index in [9.17, 15) is 26.7 Å². The number of piperidine rings is 1. The van der Waals surface area contributed by atoms with Crippen molar-refractivity contribution in [3.63, 3.8) is 0 Å². The second-order valence-corrected chi connectivity index (χ2v) is 13.9. The fourth-order valence-corrected chi connectivity index (χ4v) is 7.11. The van der Waals surface area contributed by atoms with Gasteiger partial charge in [0.05, 0.1) is 12.1 Å². The van der Waals surface area contributed by atoms with Gasteiger partial charge in [-0.25, -0.2) is 13.8 Å². The number of rotatable bonds is 14. The van der Waals surface area contributed by atoms with Crippen LogP contribution < -0.4 is 4.90 Å². The number of halogens is 5. The Bertz CT molecular complexity index is 1830. The molecule has 5 nitrogen and oxygen atoms in total. The molecule has 4 aromatic rings. The lowest BCUT2D eigenvalue weighted by Gasteiger charge is -2.40. The number of carbonyl (C=O) groups excluding carboxylic acids is 1. The zero-order valence-electron chi connectivity index (χ0n) is 31.0. The van der Waals surface area contributed by atoms with E-state index in [1.807, 2.05) is 60.0 Å². The third-order valence-electron chi connectivity index (χ3n) is 10.3. The van der Waals surface area contributed by atoms with E-state index in [-0.39, 0.29) is 36.5 Å². The molecule has 2 heterocycles. The fraction of sp³-hybridized carbons (Fsp3) is 0.395. The molecule has 5 rings (SSSR count). The van der Waals surface area contributed by atoms with Gasteiger partial charge in [0.25, 0.3) is 0 Å². The lowest BCUT2D eigenvalue weighted by molar-refractivity contribution is -0.137. The molecule has 1 aliphatic heterocycles. The normalized spacial score (nSPS) is 15.0. The van der Waals surface area contributed by atoms with Crippen molar-refractivity contribution in [1.82, 2.24) is 14.8 Å². The van der Waals surface area contributed by atoms with Crippen LogP contribution in [0.4, 0.5) is 27.8 Å².